The van der Waals surface area contributed by atoms with Crippen LogP contribution in [0.5, 0.6) is 23.0 Å². The lowest BCUT2D eigenvalue weighted by Crippen LogP contribution is -2.20. The number of benzene rings is 2. The summed E-state index contributed by atoms with van der Waals surface area (Å²) in [7, 11) is 3.17. The summed E-state index contributed by atoms with van der Waals surface area (Å²) in [4.78, 5) is 12.4. The largest absolute Gasteiger partial charge is 0.493 e. The van der Waals surface area contributed by atoms with Crippen molar-refractivity contribution in [1.82, 2.24) is 0 Å². The number of hydrogen-bond acceptors (Lipinski definition) is 6. The van der Waals surface area contributed by atoms with Gasteiger partial charge in [-0.1, -0.05) is 12.1 Å². The molecule has 0 N–H and O–H groups in total. The second kappa shape index (κ2) is 7.39. The summed E-state index contributed by atoms with van der Waals surface area (Å²) in [5, 5.41) is 0. The molecular formula is C21H22O6. The van der Waals surface area contributed by atoms with Crippen LogP contribution in [-0.2, 0) is 22.4 Å². The number of hydrogen-bond donors (Lipinski definition) is 0. The van der Waals surface area contributed by atoms with Crippen LogP contribution in [0.4, 0.5) is 0 Å². The van der Waals surface area contributed by atoms with Crippen molar-refractivity contribution in [3.63, 3.8) is 0 Å². The van der Waals surface area contributed by atoms with Crippen LogP contribution in [0.3, 0.4) is 0 Å². The Bertz CT molecular complexity index is 898. The van der Waals surface area contributed by atoms with Crippen molar-refractivity contribution in [3.8, 4) is 23.0 Å². The number of esters is 1. The van der Waals surface area contributed by atoms with Crippen molar-refractivity contribution in [2.75, 3.05) is 27.6 Å². The number of ether oxygens (including phenoxy) is 5. The summed E-state index contributed by atoms with van der Waals surface area (Å²) in [6.45, 7) is 0.413. The molecule has 0 aromatic heterocycles. The minimum Gasteiger partial charge on any atom is -0.493 e. The molecule has 1 saturated heterocycles. The Morgan fingerprint density at radius 3 is 2.52 bits per heavy atom. The van der Waals surface area contributed by atoms with Crippen LogP contribution in [0.25, 0.3) is 0 Å². The predicted molar refractivity (Wildman–Crippen MR) is 97.5 cm³/mol. The van der Waals surface area contributed by atoms with Gasteiger partial charge in [-0.2, -0.15) is 0 Å². The summed E-state index contributed by atoms with van der Waals surface area (Å²) < 4.78 is 35.5. The fraction of sp³-hybridized carbons (Fsp3) is 0.381. The number of fused-ring (bicyclic) bond motifs is 1. The van der Waals surface area contributed by atoms with Crippen molar-refractivity contribution in [2.45, 2.75) is 12.8 Å². The molecule has 6 nitrogen and oxygen atoms in total. The maximum atomic E-state index is 12.4. The van der Waals surface area contributed by atoms with E-state index >= 15 is 0 Å². The summed E-state index contributed by atoms with van der Waals surface area (Å²) in [6, 6.07) is 11.1. The molecule has 27 heavy (non-hydrogen) atoms. The maximum absolute atomic E-state index is 12.4. The molecule has 2 atom stereocenters. The topological polar surface area (TPSA) is 63.2 Å². The van der Waals surface area contributed by atoms with E-state index in [0.717, 1.165) is 11.1 Å². The van der Waals surface area contributed by atoms with Gasteiger partial charge in [0.25, 0.3) is 0 Å². The molecule has 0 spiro atoms. The van der Waals surface area contributed by atoms with Crippen LogP contribution in [0.1, 0.15) is 12.5 Å². The number of carbonyl (C=O) groups is 1. The highest BCUT2D eigenvalue weighted by atomic mass is 16.7. The molecule has 0 bridgehead atoms. The Hall–Kier alpha value is -2.89. The molecule has 2 heterocycles. The van der Waals surface area contributed by atoms with Gasteiger partial charge in [-0.05, 0) is 48.2 Å². The van der Waals surface area contributed by atoms with Crippen LogP contribution >= 0.6 is 0 Å². The van der Waals surface area contributed by atoms with E-state index in [2.05, 4.69) is 0 Å². The van der Waals surface area contributed by atoms with E-state index in [4.69, 9.17) is 25.1 Å². The summed E-state index contributed by atoms with van der Waals surface area (Å²) in [5.74, 6) is 0.460. The Balaban J connectivity index is 1.56. The number of cyclic esters (lactones) is 1. The van der Waals surface area contributed by atoms with E-state index in [1.54, 1.807) is 14.2 Å². The van der Waals surface area contributed by atoms with Crippen LogP contribution in [-0.4, -0.2) is 33.6 Å². The normalized spacial score (nSPS) is 23.7. The van der Waals surface area contributed by atoms with E-state index < -0.39 is 11.9 Å². The smallest absolute Gasteiger partial charge is 0.309 e. The third kappa shape index (κ3) is 3.52. The average Bonchev–Trinajstić information content (AvgIpc) is 3.27. The number of rotatable bonds is 6. The fourth-order valence-electron chi connectivity index (χ4n) is 3.50. The molecule has 2 aliphatic rings. The second-order valence-corrected chi connectivity index (χ2v) is 6.58. The highest BCUT2D eigenvalue weighted by Gasteiger charge is 2.37. The zero-order chi connectivity index (χ0) is 19.7. The van der Waals surface area contributed by atoms with Gasteiger partial charge >= 0.3 is 5.97 Å². The van der Waals surface area contributed by atoms with Gasteiger partial charge in [-0.25, -0.2) is 0 Å². The molecule has 0 unspecified atom stereocenters. The minimum atomic E-state index is -1.36. The molecule has 0 aliphatic carbocycles. The quantitative estimate of drug-likeness (QED) is 0.728. The van der Waals surface area contributed by atoms with Crippen LogP contribution in [0.15, 0.2) is 36.4 Å². The Morgan fingerprint density at radius 2 is 1.70 bits per heavy atom. The van der Waals surface area contributed by atoms with Gasteiger partial charge in [-0.3, -0.25) is 4.79 Å². The van der Waals surface area contributed by atoms with Gasteiger partial charge in [-0.15, -0.1) is 0 Å². The minimum absolute atomic E-state index is 0.189. The fourth-order valence-corrected chi connectivity index (χ4v) is 3.50. The maximum Gasteiger partial charge on any atom is 0.309 e. The van der Waals surface area contributed by atoms with Gasteiger partial charge in [0.2, 0.25) is 6.79 Å². The van der Waals surface area contributed by atoms with Crippen LogP contribution in [0, 0.1) is 11.8 Å². The molecule has 2 aromatic carbocycles. The highest BCUT2D eigenvalue weighted by molar-refractivity contribution is 5.75. The molecular weight excluding hydrogens is 348 g/mol. The summed E-state index contributed by atoms with van der Waals surface area (Å²) >= 11 is 0. The molecule has 1 fully saturated rings. The van der Waals surface area contributed by atoms with Gasteiger partial charge in [0.1, 0.15) is 0 Å². The molecule has 4 rings (SSSR count). The third-order valence-corrected chi connectivity index (χ3v) is 4.93. The average molecular weight is 371 g/mol. The van der Waals surface area contributed by atoms with Gasteiger partial charge in [0, 0.05) is 7.29 Å². The SMILES string of the molecule is [2H][C@]1(Cc2ccc3c(c2)OCO3)C(=O)OC[C@H]1Cc1ccc(OC)c(OC)c1. The van der Waals surface area contributed by atoms with E-state index in [-0.39, 0.29) is 25.7 Å². The van der Waals surface area contributed by atoms with Crippen LogP contribution < -0.4 is 18.9 Å². The molecule has 0 saturated carbocycles. The summed E-state index contributed by atoms with van der Waals surface area (Å²) in [6.07, 6.45) is 0.778. The van der Waals surface area contributed by atoms with Gasteiger partial charge < -0.3 is 23.7 Å². The van der Waals surface area contributed by atoms with Crippen molar-refractivity contribution < 1.29 is 29.8 Å². The Kier molecular flexibility index (Phi) is 4.46. The number of carbonyl (C=O) groups excluding carboxylic acids is 1. The lowest BCUT2D eigenvalue weighted by atomic mass is 9.85. The Labute approximate surface area is 159 Å². The molecule has 2 aromatic rings. The summed E-state index contributed by atoms with van der Waals surface area (Å²) in [5.41, 5.74) is 1.80. The lowest BCUT2D eigenvalue weighted by Gasteiger charge is -2.17. The van der Waals surface area contributed by atoms with Gasteiger partial charge in [0.15, 0.2) is 23.0 Å². The van der Waals surface area contributed by atoms with Crippen molar-refractivity contribution in [2.24, 2.45) is 11.8 Å². The second-order valence-electron chi connectivity index (χ2n) is 6.58. The van der Waals surface area contributed by atoms with E-state index in [1.807, 2.05) is 36.4 Å². The molecule has 0 radical (unpaired) electrons. The molecule has 6 heteroatoms. The first-order chi connectivity index (χ1) is 13.5. The third-order valence-electron chi connectivity index (χ3n) is 4.93. The molecule has 2 aliphatic heterocycles. The zero-order valence-electron chi connectivity index (χ0n) is 16.3. The lowest BCUT2D eigenvalue weighted by molar-refractivity contribution is -0.141. The zero-order valence-corrected chi connectivity index (χ0v) is 15.3. The highest BCUT2D eigenvalue weighted by Crippen LogP contribution is 2.36. The predicted octanol–water partition coefficient (Wildman–Crippen LogP) is 3.01. The Morgan fingerprint density at radius 1 is 0.963 bits per heavy atom. The van der Waals surface area contributed by atoms with E-state index in [9.17, 15) is 4.79 Å². The standard InChI is InChI=1S/C21H22O6/c1-23-17-5-3-13(9-19(17)24-2)7-15-11-25-21(22)16(15)8-14-4-6-18-20(10-14)27-12-26-18/h3-6,9-10,15-16H,7-8,11-12H2,1-2H3/t15-,16-/m1/s1/i16D. The monoisotopic (exact) mass is 371 g/mol. The first-order valence-electron chi connectivity index (χ1n) is 9.30. The molecule has 0 amide bonds. The van der Waals surface area contributed by atoms with Gasteiger partial charge in [0.05, 0.1) is 26.7 Å². The molecule has 142 valence electrons. The van der Waals surface area contributed by atoms with Crippen molar-refractivity contribution in [1.29, 1.82) is 0 Å². The van der Waals surface area contributed by atoms with Crippen molar-refractivity contribution in [3.05, 3.63) is 47.5 Å². The first-order valence-corrected chi connectivity index (χ1v) is 8.80. The first kappa shape index (κ1) is 16.3. The van der Waals surface area contributed by atoms with E-state index in [0.29, 0.717) is 29.4 Å². The van der Waals surface area contributed by atoms with Crippen molar-refractivity contribution >= 4 is 5.97 Å². The van der Waals surface area contributed by atoms with Crippen LogP contribution in [0.2, 0.25) is 0 Å². The van der Waals surface area contributed by atoms with E-state index in [1.165, 1.54) is 0 Å². The number of methoxy groups -OCH3 is 2.